The maximum atomic E-state index is 13.3. The second kappa shape index (κ2) is 6.02. The van der Waals surface area contributed by atoms with Gasteiger partial charge in [-0.3, -0.25) is 4.79 Å². The van der Waals surface area contributed by atoms with Crippen LogP contribution < -0.4 is 0 Å². The van der Waals surface area contributed by atoms with Crippen LogP contribution in [-0.4, -0.2) is 37.3 Å². The van der Waals surface area contributed by atoms with E-state index >= 15 is 0 Å². The van der Waals surface area contributed by atoms with Crippen LogP contribution in [0, 0.1) is 13.8 Å². The molecule has 136 valence electrons. The van der Waals surface area contributed by atoms with E-state index in [1.54, 1.807) is 36.4 Å². The first-order chi connectivity index (χ1) is 13.1. The number of benzene rings is 1. The molecule has 0 fully saturated rings. The van der Waals surface area contributed by atoms with Crippen LogP contribution in [0.4, 0.5) is 0 Å². The highest BCUT2D eigenvalue weighted by Crippen LogP contribution is 2.38. The van der Waals surface area contributed by atoms with Gasteiger partial charge >= 0.3 is 0 Å². The van der Waals surface area contributed by atoms with Gasteiger partial charge in [-0.25, -0.2) is 15.0 Å². The maximum Gasteiger partial charge on any atom is 0.292 e. The number of aromatic amines is 1. The smallest absolute Gasteiger partial charge is 0.292 e. The quantitative estimate of drug-likeness (QED) is 0.577. The van der Waals surface area contributed by atoms with Crippen LogP contribution in [0.3, 0.4) is 0 Å². The Kier molecular flexibility index (Phi) is 3.61. The van der Waals surface area contributed by atoms with Gasteiger partial charge in [0.2, 0.25) is 5.76 Å². The van der Waals surface area contributed by atoms with Crippen molar-refractivity contribution in [2.75, 3.05) is 6.54 Å². The molecule has 1 amide bonds. The lowest BCUT2D eigenvalue weighted by Crippen LogP contribution is -2.40. The molecule has 1 aliphatic heterocycles. The van der Waals surface area contributed by atoms with Gasteiger partial charge < -0.3 is 14.3 Å². The Hall–Kier alpha value is -3.00. The summed E-state index contributed by atoms with van der Waals surface area (Å²) < 4.78 is 6.69. The number of thiazole rings is 1. The molecule has 1 aromatic carbocycles. The summed E-state index contributed by atoms with van der Waals surface area (Å²) >= 11 is 1.59. The standard InChI is InChI=1S/C19H17N5O2S/c1-10-17(26-11(2)22-10)19(25)24-8-7-13-15(21-9-20-13)16(24)18-23-12-5-3-4-6-14(12)27-18/h3-6,9,16H,7-8H2,1-2H3,(H,20,21)/t16-/m0/s1. The molecule has 4 heterocycles. The normalized spacial score (nSPS) is 16.7. The summed E-state index contributed by atoms with van der Waals surface area (Å²) in [7, 11) is 0. The molecule has 0 radical (unpaired) electrons. The van der Waals surface area contributed by atoms with Crippen molar-refractivity contribution >= 4 is 27.5 Å². The van der Waals surface area contributed by atoms with E-state index < -0.39 is 0 Å². The Balaban J connectivity index is 1.64. The molecule has 0 unspecified atom stereocenters. The lowest BCUT2D eigenvalue weighted by Gasteiger charge is -2.33. The molecular formula is C19H17N5O2S. The molecule has 0 aliphatic carbocycles. The molecule has 0 spiro atoms. The summed E-state index contributed by atoms with van der Waals surface area (Å²) in [5.41, 5.74) is 3.43. The van der Waals surface area contributed by atoms with E-state index in [0.29, 0.717) is 24.6 Å². The van der Waals surface area contributed by atoms with Crippen molar-refractivity contribution in [3.05, 3.63) is 64.3 Å². The third-order valence-electron chi connectivity index (χ3n) is 4.83. The van der Waals surface area contributed by atoms with E-state index in [1.807, 2.05) is 24.3 Å². The van der Waals surface area contributed by atoms with Gasteiger partial charge in [0.25, 0.3) is 5.91 Å². The number of rotatable bonds is 2. The second-order valence-corrected chi connectivity index (χ2v) is 7.65. The number of fused-ring (bicyclic) bond motifs is 2. The fourth-order valence-corrected chi connectivity index (χ4v) is 4.70. The first kappa shape index (κ1) is 16.2. The van der Waals surface area contributed by atoms with E-state index in [9.17, 15) is 4.79 Å². The zero-order valence-electron chi connectivity index (χ0n) is 14.9. The largest absolute Gasteiger partial charge is 0.436 e. The molecule has 8 heteroatoms. The molecule has 0 bridgehead atoms. The van der Waals surface area contributed by atoms with Crippen LogP contribution in [0.25, 0.3) is 10.2 Å². The Bertz CT molecular complexity index is 1120. The van der Waals surface area contributed by atoms with Crippen molar-refractivity contribution in [2.45, 2.75) is 26.3 Å². The summed E-state index contributed by atoms with van der Waals surface area (Å²) in [6.07, 6.45) is 2.40. The van der Waals surface area contributed by atoms with Crippen LogP contribution in [0.15, 0.2) is 35.0 Å². The van der Waals surface area contributed by atoms with Gasteiger partial charge in [-0.2, -0.15) is 0 Å². The van der Waals surface area contributed by atoms with Crippen LogP contribution in [0.2, 0.25) is 0 Å². The Morgan fingerprint density at radius 1 is 1.30 bits per heavy atom. The van der Waals surface area contributed by atoms with Crippen molar-refractivity contribution < 1.29 is 9.21 Å². The number of oxazole rings is 1. The topological polar surface area (TPSA) is 87.9 Å². The summed E-state index contributed by atoms with van der Waals surface area (Å²) in [5.74, 6) is 0.605. The Labute approximate surface area is 159 Å². The zero-order chi connectivity index (χ0) is 18.5. The second-order valence-electron chi connectivity index (χ2n) is 6.58. The highest BCUT2D eigenvalue weighted by atomic mass is 32.1. The van der Waals surface area contributed by atoms with Gasteiger partial charge in [-0.15, -0.1) is 11.3 Å². The Morgan fingerprint density at radius 3 is 2.93 bits per heavy atom. The number of amides is 1. The number of hydrogen-bond donors (Lipinski definition) is 1. The van der Waals surface area contributed by atoms with Gasteiger partial charge in [0.1, 0.15) is 11.0 Å². The van der Waals surface area contributed by atoms with Crippen LogP contribution in [0.5, 0.6) is 0 Å². The minimum absolute atomic E-state index is 0.175. The average molecular weight is 379 g/mol. The van der Waals surface area contributed by atoms with Crippen LogP contribution in [0.1, 0.15) is 44.6 Å². The van der Waals surface area contributed by atoms with Crippen molar-refractivity contribution in [2.24, 2.45) is 0 Å². The zero-order valence-corrected chi connectivity index (χ0v) is 15.7. The van der Waals surface area contributed by atoms with Crippen molar-refractivity contribution in [1.29, 1.82) is 0 Å². The van der Waals surface area contributed by atoms with Crippen molar-refractivity contribution in [3.63, 3.8) is 0 Å². The van der Waals surface area contributed by atoms with E-state index in [1.165, 1.54) is 0 Å². The number of aromatic nitrogens is 4. The number of hydrogen-bond acceptors (Lipinski definition) is 6. The number of carbonyl (C=O) groups is 1. The first-order valence-corrected chi connectivity index (χ1v) is 9.56. The lowest BCUT2D eigenvalue weighted by atomic mass is 10.0. The van der Waals surface area contributed by atoms with Crippen LogP contribution >= 0.6 is 11.3 Å². The predicted molar refractivity (Wildman–Crippen MR) is 101 cm³/mol. The molecule has 0 saturated heterocycles. The number of H-pyrrole nitrogens is 1. The highest BCUT2D eigenvalue weighted by Gasteiger charge is 2.38. The summed E-state index contributed by atoms with van der Waals surface area (Å²) in [6, 6.07) is 7.65. The fourth-order valence-electron chi connectivity index (χ4n) is 3.61. The van der Waals surface area contributed by atoms with Crippen molar-refractivity contribution in [3.8, 4) is 0 Å². The summed E-state index contributed by atoms with van der Waals surface area (Å²) in [4.78, 5) is 31.8. The molecule has 7 nitrogen and oxygen atoms in total. The first-order valence-electron chi connectivity index (χ1n) is 8.74. The predicted octanol–water partition coefficient (Wildman–Crippen LogP) is 3.41. The third-order valence-corrected chi connectivity index (χ3v) is 5.92. The van der Waals surface area contributed by atoms with Crippen LogP contribution in [-0.2, 0) is 6.42 Å². The number of para-hydroxylation sites is 1. The third kappa shape index (κ3) is 2.56. The van der Waals surface area contributed by atoms with Gasteiger partial charge in [-0.1, -0.05) is 12.1 Å². The Morgan fingerprint density at radius 2 is 2.15 bits per heavy atom. The maximum absolute atomic E-state index is 13.3. The number of carbonyl (C=O) groups excluding carboxylic acids is 1. The summed E-state index contributed by atoms with van der Waals surface area (Å²) in [5, 5.41) is 0.853. The monoisotopic (exact) mass is 379 g/mol. The molecule has 0 saturated carbocycles. The molecule has 27 heavy (non-hydrogen) atoms. The SMILES string of the molecule is Cc1nc(C)c(C(=O)N2CCc3[nH]cnc3[C@H]2c2nc3ccccc3s2)o1. The summed E-state index contributed by atoms with van der Waals surface area (Å²) in [6.45, 7) is 4.10. The number of nitrogens with zero attached hydrogens (tertiary/aromatic N) is 4. The van der Waals surface area contributed by atoms with Gasteiger partial charge in [0.05, 0.1) is 27.9 Å². The molecule has 1 aliphatic rings. The van der Waals surface area contributed by atoms with Crippen molar-refractivity contribution in [1.82, 2.24) is 24.8 Å². The number of imidazole rings is 1. The van der Waals surface area contributed by atoms with E-state index in [-0.39, 0.29) is 17.7 Å². The van der Waals surface area contributed by atoms with Gasteiger partial charge in [0, 0.05) is 25.6 Å². The molecule has 3 aromatic heterocycles. The molecular weight excluding hydrogens is 362 g/mol. The number of nitrogens with one attached hydrogen (secondary N) is 1. The van der Waals surface area contributed by atoms with E-state index in [0.717, 1.165) is 26.6 Å². The molecule has 1 atom stereocenters. The van der Waals surface area contributed by atoms with E-state index in [4.69, 9.17) is 9.40 Å². The minimum atomic E-state index is -0.338. The molecule has 5 rings (SSSR count). The van der Waals surface area contributed by atoms with E-state index in [2.05, 4.69) is 15.0 Å². The van der Waals surface area contributed by atoms with Gasteiger partial charge in [-0.05, 0) is 19.1 Å². The molecule has 1 N–H and O–H groups in total. The minimum Gasteiger partial charge on any atom is -0.436 e. The van der Waals surface area contributed by atoms with Gasteiger partial charge in [0.15, 0.2) is 5.89 Å². The number of aryl methyl sites for hydroxylation is 2. The highest BCUT2D eigenvalue weighted by molar-refractivity contribution is 7.18. The molecule has 4 aromatic rings. The fraction of sp³-hybridized carbons (Fsp3) is 0.263. The average Bonchev–Trinajstić information content (AvgIpc) is 3.37. The lowest BCUT2D eigenvalue weighted by molar-refractivity contribution is 0.0655.